The van der Waals surface area contributed by atoms with Crippen LogP contribution in [0.15, 0.2) is 23.3 Å². The molecule has 2 N–H and O–H groups in total. The van der Waals surface area contributed by atoms with E-state index < -0.39 is 0 Å². The number of carbonyl (C=O) groups excluding carboxylic acids is 1. The minimum Gasteiger partial charge on any atom is -0.375 e. The second kappa shape index (κ2) is 12.6. The molecule has 2 aliphatic rings. The van der Waals surface area contributed by atoms with Crippen molar-refractivity contribution >= 4 is 41.7 Å². The van der Waals surface area contributed by atoms with Crippen molar-refractivity contribution in [2.75, 3.05) is 51.8 Å². The number of aromatic nitrogens is 1. The first-order chi connectivity index (χ1) is 14.9. The molecule has 0 bridgehead atoms. The second-order valence-corrected chi connectivity index (χ2v) is 8.89. The lowest BCUT2D eigenvalue weighted by atomic mass is 9.84. The van der Waals surface area contributed by atoms with Gasteiger partial charge in [-0.1, -0.05) is 18.9 Å². The molecule has 0 aromatic carbocycles. The molecular weight excluding hydrogens is 519 g/mol. The molecule has 180 valence electrons. The number of amides is 1. The van der Waals surface area contributed by atoms with Crippen LogP contribution in [-0.2, 0) is 16.1 Å². The van der Waals surface area contributed by atoms with Gasteiger partial charge >= 0.3 is 0 Å². The Balaban J connectivity index is 0.00000363. The molecule has 1 amide bonds. The van der Waals surface area contributed by atoms with Gasteiger partial charge < -0.3 is 25.2 Å². The lowest BCUT2D eigenvalue weighted by Crippen LogP contribution is -2.49. The van der Waals surface area contributed by atoms with Gasteiger partial charge in [0.15, 0.2) is 5.96 Å². The van der Waals surface area contributed by atoms with E-state index in [9.17, 15) is 4.79 Å². The summed E-state index contributed by atoms with van der Waals surface area (Å²) in [5.74, 6) is 1.94. The van der Waals surface area contributed by atoms with Crippen LogP contribution in [0.3, 0.4) is 0 Å². The first-order valence-corrected chi connectivity index (χ1v) is 11.5. The number of rotatable bonds is 7. The van der Waals surface area contributed by atoms with Gasteiger partial charge in [0.2, 0.25) is 5.91 Å². The fourth-order valence-corrected chi connectivity index (χ4v) is 4.48. The van der Waals surface area contributed by atoms with Crippen molar-refractivity contribution in [3.63, 3.8) is 0 Å². The van der Waals surface area contributed by atoms with Gasteiger partial charge in [0, 0.05) is 46.5 Å². The second-order valence-electron chi connectivity index (χ2n) is 8.89. The van der Waals surface area contributed by atoms with E-state index in [1.54, 1.807) is 4.90 Å². The third-order valence-electron chi connectivity index (χ3n) is 6.15. The van der Waals surface area contributed by atoms with E-state index >= 15 is 0 Å². The Bertz CT molecular complexity index is 749. The van der Waals surface area contributed by atoms with Crippen LogP contribution in [0.2, 0.25) is 0 Å². The molecule has 1 saturated carbocycles. The minimum absolute atomic E-state index is 0. The van der Waals surface area contributed by atoms with Gasteiger partial charge in [-0.25, -0.2) is 9.98 Å². The fraction of sp³-hybridized carbons (Fsp3) is 0.696. The van der Waals surface area contributed by atoms with Crippen LogP contribution in [-0.4, -0.2) is 74.7 Å². The van der Waals surface area contributed by atoms with Crippen molar-refractivity contribution in [1.82, 2.24) is 20.5 Å². The zero-order valence-electron chi connectivity index (χ0n) is 19.9. The highest BCUT2D eigenvalue weighted by molar-refractivity contribution is 14.0. The van der Waals surface area contributed by atoms with Crippen molar-refractivity contribution in [2.45, 2.75) is 52.2 Å². The van der Waals surface area contributed by atoms with Crippen molar-refractivity contribution in [2.24, 2.45) is 10.4 Å². The first-order valence-electron chi connectivity index (χ1n) is 11.5. The van der Waals surface area contributed by atoms with Gasteiger partial charge in [-0.05, 0) is 38.3 Å². The summed E-state index contributed by atoms with van der Waals surface area (Å²) < 4.78 is 5.61. The molecule has 2 fully saturated rings. The fourth-order valence-electron chi connectivity index (χ4n) is 4.48. The number of halogens is 1. The third kappa shape index (κ3) is 6.94. The smallest absolute Gasteiger partial charge is 0.230 e. The summed E-state index contributed by atoms with van der Waals surface area (Å²) in [6, 6.07) is 4.15. The van der Waals surface area contributed by atoms with E-state index in [1.165, 1.54) is 0 Å². The van der Waals surface area contributed by atoms with Crippen molar-refractivity contribution in [1.29, 1.82) is 0 Å². The number of hydrogen-bond acceptors (Lipinski definition) is 5. The Morgan fingerprint density at radius 2 is 2.06 bits per heavy atom. The van der Waals surface area contributed by atoms with E-state index in [-0.39, 0.29) is 41.4 Å². The van der Waals surface area contributed by atoms with Crippen LogP contribution in [0, 0.1) is 5.41 Å². The predicted molar refractivity (Wildman–Crippen MR) is 140 cm³/mol. The number of nitrogens with one attached hydrogen (secondary N) is 2. The third-order valence-corrected chi connectivity index (χ3v) is 6.15. The van der Waals surface area contributed by atoms with Gasteiger partial charge in [-0.15, -0.1) is 24.0 Å². The number of anilines is 1. The van der Waals surface area contributed by atoms with Gasteiger partial charge in [-0.3, -0.25) is 4.79 Å². The van der Waals surface area contributed by atoms with Gasteiger partial charge in [0.25, 0.3) is 0 Å². The zero-order chi connectivity index (χ0) is 22.3. The van der Waals surface area contributed by atoms with Crippen molar-refractivity contribution < 1.29 is 9.53 Å². The number of nitrogens with zero attached hydrogens (tertiary/aromatic N) is 4. The van der Waals surface area contributed by atoms with E-state index in [0.29, 0.717) is 13.1 Å². The number of carbonyl (C=O) groups is 1. The molecule has 2 heterocycles. The van der Waals surface area contributed by atoms with E-state index in [2.05, 4.69) is 39.6 Å². The Labute approximate surface area is 209 Å². The largest absolute Gasteiger partial charge is 0.375 e. The summed E-state index contributed by atoms with van der Waals surface area (Å²) in [4.78, 5) is 26.1. The van der Waals surface area contributed by atoms with Crippen LogP contribution < -0.4 is 15.5 Å². The van der Waals surface area contributed by atoms with Crippen LogP contribution in [0.5, 0.6) is 0 Å². The maximum absolute atomic E-state index is 12.8. The quantitative estimate of drug-likeness (QED) is 0.304. The van der Waals surface area contributed by atoms with Crippen LogP contribution in [0.1, 0.15) is 45.1 Å². The molecule has 9 heteroatoms. The molecule has 0 radical (unpaired) electrons. The normalized spacial score (nSPS) is 20.4. The molecule has 1 saturated heterocycles. The Kier molecular flexibility index (Phi) is 10.5. The summed E-state index contributed by atoms with van der Waals surface area (Å²) in [7, 11) is 3.69. The summed E-state index contributed by atoms with van der Waals surface area (Å²) in [5.41, 5.74) is 0.736. The van der Waals surface area contributed by atoms with Crippen molar-refractivity contribution in [3.8, 4) is 0 Å². The first kappa shape index (κ1) is 26.6. The highest BCUT2D eigenvalue weighted by Gasteiger charge is 2.42. The molecule has 1 aliphatic carbocycles. The maximum atomic E-state index is 12.8. The topological polar surface area (TPSA) is 82.1 Å². The molecule has 1 unspecified atom stereocenters. The van der Waals surface area contributed by atoms with E-state index in [4.69, 9.17) is 9.73 Å². The standard InChI is InChI=1S/C23H38N6O2.HI/c1-5-24-22(27-17-23(10-6-7-11-23)21(30)28(3)4)26-15-19-8-9-20(25-14-19)29-12-13-31-18(2)16-29;/h8-9,14,18H,5-7,10-13,15-17H2,1-4H3,(H2,24,26,27);1H. The minimum atomic E-state index is -0.321. The monoisotopic (exact) mass is 558 g/mol. The molecule has 1 aliphatic heterocycles. The lowest BCUT2D eigenvalue weighted by molar-refractivity contribution is -0.138. The molecule has 1 atom stereocenters. The van der Waals surface area contributed by atoms with Gasteiger partial charge in [0.1, 0.15) is 5.82 Å². The van der Waals surface area contributed by atoms with Crippen molar-refractivity contribution in [3.05, 3.63) is 23.9 Å². The Hall–Kier alpha value is -1.62. The molecule has 32 heavy (non-hydrogen) atoms. The number of hydrogen-bond donors (Lipinski definition) is 2. The number of pyridine rings is 1. The molecule has 1 aromatic heterocycles. The van der Waals surface area contributed by atoms with Crippen LogP contribution in [0.25, 0.3) is 0 Å². The Morgan fingerprint density at radius 3 is 2.66 bits per heavy atom. The Morgan fingerprint density at radius 1 is 1.31 bits per heavy atom. The molecule has 0 spiro atoms. The lowest BCUT2D eigenvalue weighted by Gasteiger charge is -2.32. The predicted octanol–water partition coefficient (Wildman–Crippen LogP) is 2.63. The van der Waals surface area contributed by atoms with E-state index in [0.717, 1.165) is 69.3 Å². The number of ether oxygens (including phenoxy) is 1. The summed E-state index contributed by atoms with van der Waals surface area (Å²) >= 11 is 0. The number of morpholine rings is 1. The summed E-state index contributed by atoms with van der Waals surface area (Å²) in [5, 5.41) is 6.73. The molecule has 8 nitrogen and oxygen atoms in total. The molecular formula is C23H39IN6O2. The van der Waals surface area contributed by atoms with Crippen LogP contribution >= 0.6 is 24.0 Å². The summed E-state index contributed by atoms with van der Waals surface area (Å²) in [6.07, 6.45) is 6.21. The number of guanidine groups is 1. The highest BCUT2D eigenvalue weighted by Crippen LogP contribution is 2.38. The molecule has 3 rings (SSSR count). The molecule has 1 aromatic rings. The average molecular weight is 559 g/mol. The van der Waals surface area contributed by atoms with Gasteiger partial charge in [0.05, 0.1) is 24.7 Å². The maximum Gasteiger partial charge on any atom is 0.230 e. The zero-order valence-corrected chi connectivity index (χ0v) is 22.2. The average Bonchev–Trinajstić information content (AvgIpc) is 3.25. The van der Waals surface area contributed by atoms with E-state index in [1.807, 2.05) is 27.2 Å². The highest BCUT2D eigenvalue weighted by atomic mass is 127. The number of aliphatic imine (C=N–C) groups is 1. The van der Waals surface area contributed by atoms with Crippen LogP contribution in [0.4, 0.5) is 5.82 Å². The van der Waals surface area contributed by atoms with Gasteiger partial charge in [-0.2, -0.15) is 0 Å². The summed E-state index contributed by atoms with van der Waals surface area (Å²) in [6.45, 7) is 8.54. The SMILES string of the molecule is CCNC(=NCc1ccc(N2CCOC(C)C2)nc1)NCC1(C(=O)N(C)C)CCCC1.I.